The van der Waals surface area contributed by atoms with Gasteiger partial charge in [-0.3, -0.25) is 10.1 Å². The summed E-state index contributed by atoms with van der Waals surface area (Å²) in [5, 5.41) is 14.3. The quantitative estimate of drug-likeness (QED) is 0.659. The number of hydrogen-bond donors (Lipinski definition) is 1. The fraction of sp³-hybridized carbons (Fsp3) is 0.643. The first-order valence-electron chi connectivity index (χ1n) is 7.23. The first kappa shape index (κ1) is 13.3. The third-order valence-corrected chi connectivity index (χ3v) is 4.25. The number of nitro groups is 1. The lowest BCUT2D eigenvalue weighted by Gasteiger charge is -2.15. The van der Waals surface area contributed by atoms with Crippen molar-refractivity contribution in [3.05, 3.63) is 27.9 Å². The molecule has 1 aliphatic heterocycles. The molecule has 0 aromatic carbocycles. The maximum absolute atomic E-state index is 11.1. The zero-order chi connectivity index (χ0) is 14.1. The number of aromatic nitrogens is 1. The number of hydrogen-bond acceptors (Lipinski definition) is 5. The van der Waals surface area contributed by atoms with Gasteiger partial charge in [-0.05, 0) is 44.7 Å². The predicted molar refractivity (Wildman–Crippen MR) is 76.8 cm³/mol. The minimum atomic E-state index is -0.351. The molecule has 6 nitrogen and oxygen atoms in total. The predicted octanol–water partition coefficient (Wildman–Crippen LogP) is 2.19. The zero-order valence-electron chi connectivity index (χ0n) is 11.7. The summed E-state index contributed by atoms with van der Waals surface area (Å²) in [6.07, 6.45) is 5.47. The van der Waals surface area contributed by atoms with Crippen molar-refractivity contribution >= 4 is 11.5 Å². The maximum atomic E-state index is 11.1. The van der Waals surface area contributed by atoms with E-state index in [1.54, 1.807) is 19.2 Å². The SMILES string of the molecule is Cc1ccnc(NCC2CCN(C3CC3)C2)c1[N+](=O)[O-]. The Labute approximate surface area is 118 Å². The van der Waals surface area contributed by atoms with Crippen molar-refractivity contribution in [2.75, 3.05) is 25.0 Å². The van der Waals surface area contributed by atoms with E-state index in [4.69, 9.17) is 0 Å². The number of rotatable bonds is 5. The molecule has 108 valence electrons. The Morgan fingerprint density at radius 2 is 2.30 bits per heavy atom. The molecule has 0 bridgehead atoms. The highest BCUT2D eigenvalue weighted by Gasteiger charge is 2.34. The van der Waals surface area contributed by atoms with Gasteiger partial charge in [-0.1, -0.05) is 0 Å². The van der Waals surface area contributed by atoms with E-state index < -0.39 is 0 Å². The van der Waals surface area contributed by atoms with E-state index in [0.717, 1.165) is 19.1 Å². The van der Waals surface area contributed by atoms with Crippen molar-refractivity contribution in [3.63, 3.8) is 0 Å². The van der Waals surface area contributed by atoms with Crippen LogP contribution in [0.1, 0.15) is 24.8 Å². The Morgan fingerprint density at radius 3 is 3.00 bits per heavy atom. The third kappa shape index (κ3) is 2.75. The van der Waals surface area contributed by atoms with Crippen LogP contribution in [0.25, 0.3) is 0 Å². The van der Waals surface area contributed by atoms with Gasteiger partial charge in [-0.25, -0.2) is 4.98 Å². The summed E-state index contributed by atoms with van der Waals surface area (Å²) in [5.74, 6) is 0.970. The van der Waals surface area contributed by atoms with Crippen LogP contribution >= 0.6 is 0 Å². The standard InChI is InChI=1S/C14H20N4O2/c1-10-4-6-15-14(13(10)18(19)20)16-8-11-5-7-17(9-11)12-2-3-12/h4,6,11-12H,2-3,5,7-9H2,1H3,(H,15,16). The van der Waals surface area contributed by atoms with Gasteiger partial charge in [0.1, 0.15) is 0 Å². The molecule has 1 aromatic heterocycles. The van der Waals surface area contributed by atoms with Gasteiger partial charge in [0.2, 0.25) is 5.82 Å². The lowest BCUT2D eigenvalue weighted by atomic mass is 10.1. The highest BCUT2D eigenvalue weighted by molar-refractivity contribution is 5.59. The normalized spacial score (nSPS) is 22.9. The van der Waals surface area contributed by atoms with Crippen LogP contribution in [0.5, 0.6) is 0 Å². The van der Waals surface area contributed by atoms with Crippen molar-refractivity contribution in [3.8, 4) is 0 Å². The molecule has 2 heterocycles. The minimum Gasteiger partial charge on any atom is -0.364 e. The second kappa shape index (κ2) is 5.36. The Morgan fingerprint density at radius 1 is 1.50 bits per heavy atom. The van der Waals surface area contributed by atoms with E-state index in [1.807, 2.05) is 0 Å². The summed E-state index contributed by atoms with van der Waals surface area (Å²) >= 11 is 0. The molecule has 1 aromatic rings. The lowest BCUT2D eigenvalue weighted by Crippen LogP contribution is -2.25. The zero-order valence-corrected chi connectivity index (χ0v) is 11.7. The van der Waals surface area contributed by atoms with E-state index in [-0.39, 0.29) is 10.6 Å². The summed E-state index contributed by atoms with van der Waals surface area (Å²) < 4.78 is 0. The van der Waals surface area contributed by atoms with E-state index in [1.165, 1.54) is 25.8 Å². The molecule has 20 heavy (non-hydrogen) atoms. The van der Waals surface area contributed by atoms with Gasteiger partial charge < -0.3 is 10.2 Å². The molecule has 0 amide bonds. The van der Waals surface area contributed by atoms with Gasteiger partial charge in [0.15, 0.2) is 0 Å². The highest BCUT2D eigenvalue weighted by atomic mass is 16.6. The molecule has 0 spiro atoms. The maximum Gasteiger partial charge on any atom is 0.314 e. The third-order valence-electron chi connectivity index (χ3n) is 4.25. The molecule has 1 N–H and O–H groups in total. The average Bonchev–Trinajstić information content (AvgIpc) is 3.15. The largest absolute Gasteiger partial charge is 0.364 e. The van der Waals surface area contributed by atoms with Crippen LogP contribution < -0.4 is 5.32 Å². The van der Waals surface area contributed by atoms with E-state index in [9.17, 15) is 10.1 Å². The van der Waals surface area contributed by atoms with Crippen LogP contribution in [-0.4, -0.2) is 40.5 Å². The topological polar surface area (TPSA) is 71.3 Å². The van der Waals surface area contributed by atoms with Crippen LogP contribution in [0.4, 0.5) is 11.5 Å². The smallest absolute Gasteiger partial charge is 0.314 e. The van der Waals surface area contributed by atoms with Gasteiger partial charge in [0.25, 0.3) is 0 Å². The second-order valence-electron chi connectivity index (χ2n) is 5.84. The Balaban J connectivity index is 1.61. The summed E-state index contributed by atoms with van der Waals surface area (Å²) in [6.45, 7) is 4.79. The first-order chi connectivity index (χ1) is 9.65. The molecular weight excluding hydrogens is 256 g/mol. The molecule has 1 atom stereocenters. The van der Waals surface area contributed by atoms with E-state index in [0.29, 0.717) is 17.3 Å². The van der Waals surface area contributed by atoms with Crippen LogP contribution in [-0.2, 0) is 0 Å². The van der Waals surface area contributed by atoms with Crippen molar-refractivity contribution in [1.82, 2.24) is 9.88 Å². The van der Waals surface area contributed by atoms with Gasteiger partial charge in [-0.15, -0.1) is 0 Å². The molecule has 1 aliphatic carbocycles. The van der Waals surface area contributed by atoms with Gasteiger partial charge >= 0.3 is 5.69 Å². The number of nitrogens with one attached hydrogen (secondary N) is 1. The molecule has 0 radical (unpaired) electrons. The summed E-state index contributed by atoms with van der Waals surface area (Å²) in [4.78, 5) is 17.4. The molecule has 1 unspecified atom stereocenters. The molecule has 1 saturated heterocycles. The van der Waals surface area contributed by atoms with Crippen molar-refractivity contribution in [1.29, 1.82) is 0 Å². The lowest BCUT2D eigenvalue weighted by molar-refractivity contribution is -0.384. The van der Waals surface area contributed by atoms with Crippen molar-refractivity contribution < 1.29 is 4.92 Å². The minimum absolute atomic E-state index is 0.101. The van der Waals surface area contributed by atoms with Gasteiger partial charge in [-0.2, -0.15) is 0 Å². The second-order valence-corrected chi connectivity index (χ2v) is 5.84. The number of likely N-dealkylation sites (tertiary alicyclic amines) is 1. The van der Waals surface area contributed by atoms with Crippen LogP contribution in [0.2, 0.25) is 0 Å². The van der Waals surface area contributed by atoms with E-state index >= 15 is 0 Å². The number of anilines is 1. The number of pyridine rings is 1. The van der Waals surface area contributed by atoms with Crippen LogP contribution in [0.3, 0.4) is 0 Å². The fourth-order valence-corrected chi connectivity index (χ4v) is 2.95. The molecule has 6 heteroatoms. The fourth-order valence-electron chi connectivity index (χ4n) is 2.95. The Bertz CT molecular complexity index is 516. The monoisotopic (exact) mass is 276 g/mol. The molecule has 3 rings (SSSR count). The van der Waals surface area contributed by atoms with E-state index in [2.05, 4.69) is 15.2 Å². The molecule has 2 fully saturated rings. The summed E-state index contributed by atoms with van der Waals surface area (Å²) in [7, 11) is 0. The summed E-state index contributed by atoms with van der Waals surface area (Å²) in [6, 6.07) is 2.49. The number of aryl methyl sites for hydroxylation is 1. The Hall–Kier alpha value is -1.69. The average molecular weight is 276 g/mol. The van der Waals surface area contributed by atoms with Crippen LogP contribution in [0.15, 0.2) is 12.3 Å². The Kier molecular flexibility index (Phi) is 3.56. The molecular formula is C14H20N4O2. The van der Waals surface area contributed by atoms with Crippen LogP contribution in [0, 0.1) is 23.0 Å². The van der Waals surface area contributed by atoms with Crippen molar-refractivity contribution in [2.24, 2.45) is 5.92 Å². The van der Waals surface area contributed by atoms with Gasteiger partial charge in [0.05, 0.1) is 4.92 Å². The molecule has 2 aliphatic rings. The molecule has 1 saturated carbocycles. The first-order valence-corrected chi connectivity index (χ1v) is 7.23. The summed E-state index contributed by atoms with van der Waals surface area (Å²) in [5.41, 5.74) is 0.753. The van der Waals surface area contributed by atoms with Gasteiger partial charge in [0, 0.05) is 30.9 Å². The van der Waals surface area contributed by atoms with Crippen molar-refractivity contribution in [2.45, 2.75) is 32.2 Å². The number of nitrogens with zero attached hydrogens (tertiary/aromatic N) is 3. The highest BCUT2D eigenvalue weighted by Crippen LogP contribution is 2.32.